The number of hydrogen-bond acceptors (Lipinski definition) is 6. The number of aromatic hydroxyl groups is 1. The second-order valence-electron chi connectivity index (χ2n) is 9.96. The molecule has 0 radical (unpaired) electrons. The van der Waals surface area contributed by atoms with E-state index in [-0.39, 0.29) is 41.7 Å². The number of rotatable bonds is 2. The van der Waals surface area contributed by atoms with Gasteiger partial charge in [0.2, 0.25) is 0 Å². The molecular formula is C28H33NO5. The minimum atomic E-state index is -0.251. The van der Waals surface area contributed by atoms with Crippen LogP contribution in [0.3, 0.4) is 0 Å². The number of fused-ring (bicyclic) bond motifs is 6. The summed E-state index contributed by atoms with van der Waals surface area (Å²) in [6, 6.07) is 12.2. The summed E-state index contributed by atoms with van der Waals surface area (Å²) in [6.07, 6.45) is 6.19. The topological polar surface area (TPSA) is 76.1 Å². The predicted molar refractivity (Wildman–Crippen MR) is 129 cm³/mol. The van der Waals surface area contributed by atoms with Gasteiger partial charge in [-0.1, -0.05) is 18.6 Å². The molecule has 6 heteroatoms. The molecule has 0 amide bonds. The van der Waals surface area contributed by atoms with Gasteiger partial charge in [0.05, 0.1) is 7.11 Å². The van der Waals surface area contributed by atoms with Gasteiger partial charge in [0.15, 0.2) is 0 Å². The molecule has 5 rings (SSSR count). The quantitative estimate of drug-likeness (QED) is 0.634. The van der Waals surface area contributed by atoms with Gasteiger partial charge >= 0.3 is 5.97 Å². The fourth-order valence-electron chi connectivity index (χ4n) is 6.30. The van der Waals surface area contributed by atoms with Crippen LogP contribution < -0.4 is 4.74 Å². The van der Waals surface area contributed by atoms with Crippen LogP contribution in [0.15, 0.2) is 36.4 Å². The fraction of sp³-hybridized carbons (Fsp3) is 0.500. The molecule has 2 aromatic carbocycles. The molecule has 3 heterocycles. The van der Waals surface area contributed by atoms with E-state index in [0.29, 0.717) is 31.4 Å². The van der Waals surface area contributed by atoms with Crippen molar-refractivity contribution in [3.8, 4) is 22.6 Å². The molecule has 0 saturated carbocycles. The van der Waals surface area contributed by atoms with Crippen LogP contribution in [0.2, 0.25) is 0 Å². The summed E-state index contributed by atoms with van der Waals surface area (Å²) in [7, 11) is 1.63. The molecule has 2 saturated heterocycles. The maximum Gasteiger partial charge on any atom is 0.302 e. The van der Waals surface area contributed by atoms with Gasteiger partial charge < -0.3 is 14.6 Å². The standard InChI is InChI=1S/C28H33NO5/c1-17(30)34-23-15-21-5-3-4-20-14-22(31)9-6-18-7-11-28(33-2)25(12-18)24-13-19(8-10-27(24)32)26(16-23)29(20)21/h7-8,10-13,20-21,23,26,32H,3-6,9,14-16H2,1-2H3. The number of hydrogen-bond donors (Lipinski definition) is 1. The van der Waals surface area contributed by atoms with E-state index in [1.807, 2.05) is 24.3 Å². The lowest BCUT2D eigenvalue weighted by molar-refractivity contribution is -0.153. The minimum Gasteiger partial charge on any atom is -0.507 e. The molecule has 4 atom stereocenters. The van der Waals surface area contributed by atoms with E-state index in [1.165, 1.54) is 6.92 Å². The molecule has 1 N–H and O–H groups in total. The summed E-state index contributed by atoms with van der Waals surface area (Å²) in [4.78, 5) is 27.4. The number of aryl methyl sites for hydroxylation is 1. The van der Waals surface area contributed by atoms with Crippen molar-refractivity contribution in [1.82, 2.24) is 4.90 Å². The molecule has 180 valence electrons. The van der Waals surface area contributed by atoms with Crippen molar-refractivity contribution in [3.05, 3.63) is 47.5 Å². The summed E-state index contributed by atoms with van der Waals surface area (Å²) in [5, 5.41) is 10.8. The van der Waals surface area contributed by atoms with E-state index in [4.69, 9.17) is 9.47 Å². The predicted octanol–water partition coefficient (Wildman–Crippen LogP) is 4.96. The molecule has 0 aromatic heterocycles. The molecule has 3 aliphatic heterocycles. The van der Waals surface area contributed by atoms with Crippen LogP contribution in [0.25, 0.3) is 11.1 Å². The van der Waals surface area contributed by atoms with Crippen LogP contribution in [-0.4, -0.2) is 47.1 Å². The number of phenols is 1. The number of esters is 1. The number of Topliss-reactive ketones (excluding diaryl/α,β-unsaturated/α-hetero) is 1. The van der Waals surface area contributed by atoms with Crippen LogP contribution in [0.4, 0.5) is 0 Å². The van der Waals surface area contributed by atoms with Gasteiger partial charge in [-0.15, -0.1) is 0 Å². The molecular weight excluding hydrogens is 430 g/mol. The molecule has 0 spiro atoms. The van der Waals surface area contributed by atoms with Crippen molar-refractivity contribution in [1.29, 1.82) is 0 Å². The van der Waals surface area contributed by atoms with Crippen LogP contribution in [0, 0.1) is 0 Å². The number of carbonyl (C=O) groups is 2. The van der Waals surface area contributed by atoms with Crippen LogP contribution in [0.1, 0.15) is 69.0 Å². The van der Waals surface area contributed by atoms with Crippen LogP contribution in [-0.2, 0) is 20.7 Å². The summed E-state index contributed by atoms with van der Waals surface area (Å²) >= 11 is 0. The average molecular weight is 464 g/mol. The Bertz CT molecular complexity index is 1100. The third-order valence-corrected chi connectivity index (χ3v) is 7.75. The first kappa shape index (κ1) is 22.9. The van der Waals surface area contributed by atoms with Crippen LogP contribution in [0.5, 0.6) is 11.5 Å². The van der Waals surface area contributed by atoms with Gasteiger partial charge in [-0.3, -0.25) is 14.5 Å². The highest BCUT2D eigenvalue weighted by molar-refractivity contribution is 5.80. The van der Waals surface area contributed by atoms with E-state index >= 15 is 0 Å². The Hall–Kier alpha value is -2.86. The van der Waals surface area contributed by atoms with Gasteiger partial charge in [-0.2, -0.15) is 0 Å². The highest BCUT2D eigenvalue weighted by Crippen LogP contribution is 2.46. The monoisotopic (exact) mass is 463 g/mol. The Morgan fingerprint density at radius 1 is 1.03 bits per heavy atom. The number of ether oxygens (including phenoxy) is 2. The van der Waals surface area contributed by atoms with Gasteiger partial charge in [0.25, 0.3) is 0 Å². The van der Waals surface area contributed by atoms with Crippen molar-refractivity contribution >= 4 is 11.8 Å². The zero-order valence-electron chi connectivity index (χ0n) is 20.0. The average Bonchev–Trinajstić information content (AvgIpc) is 2.82. The maximum absolute atomic E-state index is 13.1. The Balaban J connectivity index is 1.65. The van der Waals surface area contributed by atoms with Gasteiger partial charge in [0.1, 0.15) is 23.4 Å². The molecule has 6 nitrogen and oxygen atoms in total. The van der Waals surface area contributed by atoms with Crippen molar-refractivity contribution in [2.45, 2.75) is 82.5 Å². The summed E-state index contributed by atoms with van der Waals surface area (Å²) in [5.41, 5.74) is 3.68. The number of benzene rings is 2. The highest BCUT2D eigenvalue weighted by Gasteiger charge is 2.43. The summed E-state index contributed by atoms with van der Waals surface area (Å²) < 4.78 is 11.3. The number of piperidine rings is 2. The first-order valence-corrected chi connectivity index (χ1v) is 12.4. The molecule has 3 aliphatic rings. The third-order valence-electron chi connectivity index (χ3n) is 7.75. The van der Waals surface area contributed by atoms with Crippen molar-refractivity contribution in [2.75, 3.05) is 7.11 Å². The van der Waals surface area contributed by atoms with Crippen LogP contribution >= 0.6 is 0 Å². The molecule has 2 fully saturated rings. The summed E-state index contributed by atoms with van der Waals surface area (Å²) in [6.45, 7) is 1.47. The Morgan fingerprint density at radius 3 is 2.65 bits per heavy atom. The molecule has 34 heavy (non-hydrogen) atoms. The fourth-order valence-corrected chi connectivity index (χ4v) is 6.30. The van der Waals surface area contributed by atoms with Gasteiger partial charge in [-0.25, -0.2) is 0 Å². The van der Waals surface area contributed by atoms with E-state index in [1.54, 1.807) is 13.2 Å². The molecule has 4 unspecified atom stereocenters. The molecule has 0 aliphatic carbocycles. The lowest BCUT2D eigenvalue weighted by atomic mass is 9.80. The Labute approximate surface area is 200 Å². The minimum absolute atomic E-state index is 0.00970. The Morgan fingerprint density at radius 2 is 1.85 bits per heavy atom. The van der Waals surface area contributed by atoms with Crippen molar-refractivity contribution in [2.24, 2.45) is 0 Å². The molecule has 4 bridgehead atoms. The van der Waals surface area contributed by atoms with E-state index in [9.17, 15) is 14.7 Å². The number of phenolic OH excluding ortho intramolecular Hbond substituents is 1. The SMILES string of the molecule is COc1ccc2cc1-c1cc(ccc1O)C1CC(OC(C)=O)CC3CCCC(CC(=O)CC2)N31. The van der Waals surface area contributed by atoms with Gasteiger partial charge in [-0.05, 0) is 54.7 Å². The summed E-state index contributed by atoms with van der Waals surface area (Å²) in [5.74, 6) is 0.924. The highest BCUT2D eigenvalue weighted by atomic mass is 16.5. The zero-order chi connectivity index (χ0) is 23.8. The van der Waals surface area contributed by atoms with Gasteiger partial charge in [0, 0.05) is 61.9 Å². The number of methoxy groups -OCH3 is 1. The largest absolute Gasteiger partial charge is 0.507 e. The number of ketones is 1. The molecule has 2 aromatic rings. The lowest BCUT2D eigenvalue weighted by Crippen LogP contribution is -2.54. The number of carbonyl (C=O) groups excluding carboxylic acids is 2. The lowest BCUT2D eigenvalue weighted by Gasteiger charge is -2.51. The number of nitrogens with zero attached hydrogens (tertiary/aromatic N) is 1. The normalized spacial score (nSPS) is 26.9. The Kier molecular flexibility index (Phi) is 6.34. The van der Waals surface area contributed by atoms with E-state index in [2.05, 4.69) is 11.0 Å². The van der Waals surface area contributed by atoms with Crippen molar-refractivity contribution < 1.29 is 24.2 Å². The maximum atomic E-state index is 13.1. The second-order valence-corrected chi connectivity index (χ2v) is 9.96. The third kappa shape index (κ3) is 4.43. The first-order valence-electron chi connectivity index (χ1n) is 12.4. The van der Waals surface area contributed by atoms with E-state index in [0.717, 1.165) is 47.9 Å². The zero-order valence-corrected chi connectivity index (χ0v) is 20.0. The smallest absolute Gasteiger partial charge is 0.302 e. The van der Waals surface area contributed by atoms with Crippen molar-refractivity contribution in [3.63, 3.8) is 0 Å². The van der Waals surface area contributed by atoms with E-state index < -0.39 is 0 Å². The first-order chi connectivity index (χ1) is 16.4. The second kappa shape index (κ2) is 9.41.